The Bertz CT molecular complexity index is 585. The zero-order chi connectivity index (χ0) is 16.8. The molecule has 7 nitrogen and oxygen atoms in total. The van der Waals surface area contributed by atoms with Gasteiger partial charge in [-0.25, -0.2) is 0 Å². The number of nitrogens with two attached hydrogens (primary N) is 1. The first kappa shape index (κ1) is 20.1. The van der Waals surface area contributed by atoms with Gasteiger partial charge in [0.15, 0.2) is 17.5 Å². The third-order valence-corrected chi connectivity index (χ3v) is 4.19. The SMILES string of the molecule is CC1COCCN1CCN=C(N)Nc1ccc2c(c1)OCCCO2.I. The van der Waals surface area contributed by atoms with E-state index < -0.39 is 0 Å². The Morgan fingerprint density at radius 3 is 2.88 bits per heavy atom. The average Bonchev–Trinajstić information content (AvgIpc) is 2.81. The van der Waals surface area contributed by atoms with E-state index in [4.69, 9.17) is 19.9 Å². The molecule has 0 radical (unpaired) electrons. The molecule has 0 aliphatic carbocycles. The van der Waals surface area contributed by atoms with E-state index in [1.807, 2.05) is 18.2 Å². The van der Waals surface area contributed by atoms with Crippen molar-refractivity contribution in [3.05, 3.63) is 18.2 Å². The predicted octanol–water partition coefficient (Wildman–Crippen LogP) is 1.91. The van der Waals surface area contributed by atoms with Gasteiger partial charge in [0.05, 0.1) is 33.0 Å². The normalized spacial score (nSPS) is 21.2. The first-order chi connectivity index (χ1) is 11.7. The van der Waals surface area contributed by atoms with Crippen molar-refractivity contribution in [2.24, 2.45) is 10.7 Å². The lowest BCUT2D eigenvalue weighted by molar-refractivity contribution is 0.00142. The highest BCUT2D eigenvalue weighted by molar-refractivity contribution is 14.0. The number of nitrogens with zero attached hydrogens (tertiary/aromatic N) is 2. The zero-order valence-electron chi connectivity index (χ0n) is 14.6. The molecule has 1 unspecified atom stereocenters. The summed E-state index contributed by atoms with van der Waals surface area (Å²) in [6.07, 6.45) is 0.890. The molecule has 2 aliphatic heterocycles. The summed E-state index contributed by atoms with van der Waals surface area (Å²) in [5, 5.41) is 3.11. The lowest BCUT2D eigenvalue weighted by Crippen LogP contribution is -2.44. The van der Waals surface area contributed by atoms with Crippen molar-refractivity contribution < 1.29 is 14.2 Å². The van der Waals surface area contributed by atoms with Crippen LogP contribution in [0, 0.1) is 0 Å². The summed E-state index contributed by atoms with van der Waals surface area (Å²) in [6.45, 7) is 7.59. The van der Waals surface area contributed by atoms with E-state index in [2.05, 4.69) is 22.1 Å². The van der Waals surface area contributed by atoms with Crippen LogP contribution in [0.1, 0.15) is 13.3 Å². The largest absolute Gasteiger partial charge is 0.490 e. The fourth-order valence-corrected chi connectivity index (χ4v) is 2.82. The van der Waals surface area contributed by atoms with Crippen LogP contribution in [0.15, 0.2) is 23.2 Å². The average molecular weight is 462 g/mol. The first-order valence-corrected chi connectivity index (χ1v) is 8.51. The summed E-state index contributed by atoms with van der Waals surface area (Å²) < 4.78 is 16.7. The number of guanidine groups is 1. The Balaban J connectivity index is 0.00000225. The molecule has 8 heteroatoms. The van der Waals surface area contributed by atoms with Crippen molar-refractivity contribution in [2.45, 2.75) is 19.4 Å². The molecule has 1 atom stereocenters. The fourth-order valence-electron chi connectivity index (χ4n) is 2.82. The zero-order valence-corrected chi connectivity index (χ0v) is 16.9. The number of hydrogen-bond acceptors (Lipinski definition) is 5. The number of benzene rings is 1. The molecule has 1 fully saturated rings. The summed E-state index contributed by atoms with van der Waals surface area (Å²) in [6, 6.07) is 6.14. The van der Waals surface area contributed by atoms with E-state index in [1.54, 1.807) is 0 Å². The fraction of sp³-hybridized carbons (Fsp3) is 0.588. The summed E-state index contributed by atoms with van der Waals surface area (Å²) in [4.78, 5) is 6.78. The van der Waals surface area contributed by atoms with Gasteiger partial charge < -0.3 is 25.3 Å². The predicted molar refractivity (Wildman–Crippen MR) is 109 cm³/mol. The number of aliphatic imine (C=N–C) groups is 1. The van der Waals surface area contributed by atoms with Gasteiger partial charge in [-0.05, 0) is 19.1 Å². The lowest BCUT2D eigenvalue weighted by atomic mass is 10.2. The molecule has 3 rings (SSSR count). The molecule has 0 amide bonds. The minimum atomic E-state index is 0. The topological polar surface area (TPSA) is 81.3 Å². The second-order valence-corrected chi connectivity index (χ2v) is 6.06. The van der Waals surface area contributed by atoms with Gasteiger partial charge in [-0.15, -0.1) is 24.0 Å². The van der Waals surface area contributed by atoms with Crippen LogP contribution in [0.3, 0.4) is 0 Å². The van der Waals surface area contributed by atoms with Crippen LogP contribution in [-0.2, 0) is 4.74 Å². The molecule has 1 aromatic carbocycles. The van der Waals surface area contributed by atoms with Gasteiger partial charge >= 0.3 is 0 Å². The van der Waals surface area contributed by atoms with E-state index in [0.29, 0.717) is 31.8 Å². The molecule has 2 heterocycles. The highest BCUT2D eigenvalue weighted by Gasteiger charge is 2.17. The smallest absolute Gasteiger partial charge is 0.193 e. The molecule has 3 N–H and O–H groups in total. The van der Waals surface area contributed by atoms with Crippen LogP contribution in [-0.4, -0.2) is 63.0 Å². The third kappa shape index (κ3) is 5.89. The number of nitrogens with one attached hydrogen (secondary N) is 1. The lowest BCUT2D eigenvalue weighted by Gasteiger charge is -2.32. The number of fused-ring (bicyclic) bond motifs is 1. The minimum absolute atomic E-state index is 0. The third-order valence-electron chi connectivity index (χ3n) is 4.19. The summed E-state index contributed by atoms with van der Waals surface area (Å²) >= 11 is 0. The molecule has 0 bridgehead atoms. The van der Waals surface area contributed by atoms with Crippen LogP contribution >= 0.6 is 24.0 Å². The van der Waals surface area contributed by atoms with Gasteiger partial charge in [-0.1, -0.05) is 0 Å². The van der Waals surface area contributed by atoms with Crippen molar-refractivity contribution in [3.63, 3.8) is 0 Å². The van der Waals surface area contributed by atoms with Gasteiger partial charge in [-0.2, -0.15) is 0 Å². The van der Waals surface area contributed by atoms with Crippen LogP contribution in [0.4, 0.5) is 5.69 Å². The molecular weight excluding hydrogens is 435 g/mol. The highest BCUT2D eigenvalue weighted by atomic mass is 127. The van der Waals surface area contributed by atoms with Crippen LogP contribution in [0.25, 0.3) is 0 Å². The van der Waals surface area contributed by atoms with Gasteiger partial charge in [0.2, 0.25) is 0 Å². The number of morpholine rings is 1. The molecule has 0 saturated carbocycles. The van der Waals surface area contributed by atoms with Crippen LogP contribution < -0.4 is 20.5 Å². The number of ether oxygens (including phenoxy) is 3. The van der Waals surface area contributed by atoms with E-state index in [0.717, 1.165) is 49.9 Å². The summed E-state index contributed by atoms with van der Waals surface area (Å²) in [5.41, 5.74) is 6.83. The number of rotatable bonds is 4. The van der Waals surface area contributed by atoms with Gasteiger partial charge in [0.1, 0.15) is 0 Å². The molecule has 25 heavy (non-hydrogen) atoms. The molecule has 0 spiro atoms. The summed E-state index contributed by atoms with van der Waals surface area (Å²) in [7, 11) is 0. The molecule has 1 aromatic rings. The van der Waals surface area contributed by atoms with Crippen LogP contribution in [0.2, 0.25) is 0 Å². The number of halogens is 1. The van der Waals surface area contributed by atoms with Crippen molar-refractivity contribution in [2.75, 3.05) is 51.4 Å². The van der Waals surface area contributed by atoms with Crippen molar-refractivity contribution in [1.82, 2.24) is 4.90 Å². The van der Waals surface area contributed by atoms with Crippen molar-refractivity contribution >= 4 is 35.6 Å². The maximum absolute atomic E-state index is 5.99. The Hall–Kier alpha value is -1.26. The van der Waals surface area contributed by atoms with Crippen molar-refractivity contribution in [1.29, 1.82) is 0 Å². The Labute approximate surface area is 165 Å². The van der Waals surface area contributed by atoms with Gasteiger partial charge in [0.25, 0.3) is 0 Å². The second-order valence-electron chi connectivity index (χ2n) is 6.06. The van der Waals surface area contributed by atoms with E-state index in [-0.39, 0.29) is 24.0 Å². The van der Waals surface area contributed by atoms with E-state index >= 15 is 0 Å². The molecule has 1 saturated heterocycles. The van der Waals surface area contributed by atoms with Gasteiger partial charge in [-0.3, -0.25) is 9.89 Å². The highest BCUT2D eigenvalue weighted by Crippen LogP contribution is 2.32. The standard InChI is InChI=1S/C17H26N4O3.HI/c1-13-12-22-10-7-21(13)6-5-19-17(18)20-14-3-4-15-16(11-14)24-9-2-8-23-15;/h3-4,11,13H,2,5-10,12H2,1H3,(H3,18,19,20);1H. The Morgan fingerprint density at radius 1 is 1.28 bits per heavy atom. The second kappa shape index (κ2) is 10.0. The van der Waals surface area contributed by atoms with Crippen LogP contribution in [0.5, 0.6) is 11.5 Å². The van der Waals surface area contributed by atoms with E-state index in [1.165, 1.54) is 0 Å². The van der Waals surface area contributed by atoms with Crippen molar-refractivity contribution in [3.8, 4) is 11.5 Å². The molecule has 140 valence electrons. The minimum Gasteiger partial charge on any atom is -0.490 e. The van der Waals surface area contributed by atoms with E-state index in [9.17, 15) is 0 Å². The first-order valence-electron chi connectivity index (χ1n) is 8.51. The number of hydrogen-bond donors (Lipinski definition) is 2. The quantitative estimate of drug-likeness (QED) is 0.405. The Morgan fingerprint density at radius 2 is 2.08 bits per heavy atom. The maximum atomic E-state index is 5.99. The Kier molecular flexibility index (Phi) is 8.04. The number of anilines is 1. The van der Waals surface area contributed by atoms with Gasteiger partial charge in [0, 0.05) is 37.3 Å². The maximum Gasteiger partial charge on any atom is 0.193 e. The summed E-state index contributed by atoms with van der Waals surface area (Å²) in [5.74, 6) is 1.92. The molecule has 2 aliphatic rings. The monoisotopic (exact) mass is 462 g/mol. The molecular formula is C17H27IN4O3. The molecule has 0 aromatic heterocycles.